The van der Waals surface area contributed by atoms with Gasteiger partial charge in [0, 0.05) is 19.2 Å². The van der Waals surface area contributed by atoms with Gasteiger partial charge >= 0.3 is 0 Å². The second-order valence-electron chi connectivity index (χ2n) is 5.87. The third kappa shape index (κ3) is 5.85. The number of hydrogen-bond donors (Lipinski definition) is 3. The van der Waals surface area contributed by atoms with Gasteiger partial charge in [0.05, 0.1) is 0 Å². The second-order valence-corrected chi connectivity index (χ2v) is 5.87. The molecule has 0 bridgehead atoms. The summed E-state index contributed by atoms with van der Waals surface area (Å²) in [5.74, 6) is 9.28. The van der Waals surface area contributed by atoms with Gasteiger partial charge in [0.1, 0.15) is 18.2 Å². The number of rotatable bonds is 9. The minimum atomic E-state index is 0.387. The highest BCUT2D eigenvalue weighted by Gasteiger charge is 2.17. The van der Waals surface area contributed by atoms with E-state index in [0.717, 1.165) is 12.4 Å². The van der Waals surface area contributed by atoms with Gasteiger partial charge in [-0.25, -0.2) is 15.8 Å². The molecule has 0 aliphatic heterocycles. The van der Waals surface area contributed by atoms with Crippen molar-refractivity contribution < 1.29 is 4.74 Å². The van der Waals surface area contributed by atoms with Crippen LogP contribution in [0.15, 0.2) is 6.07 Å². The van der Waals surface area contributed by atoms with Crippen molar-refractivity contribution in [3.63, 3.8) is 0 Å². The fourth-order valence-corrected chi connectivity index (χ4v) is 2.38. The number of nitrogen functional groups attached to an aromatic ring is 1. The standard InChI is InChI=1S/C15H29N5O/c1-6-21-9-15-18-13(7-14(19-15)20-16)17-8-12(10(2)3)11(4)5/h7,10-12H,6,8-9,16H2,1-5H3,(H2,17,18,19,20). The number of aromatic nitrogens is 2. The van der Waals surface area contributed by atoms with Gasteiger partial charge in [0.25, 0.3) is 0 Å². The predicted molar refractivity (Wildman–Crippen MR) is 86.8 cm³/mol. The minimum Gasteiger partial charge on any atom is -0.374 e. The van der Waals surface area contributed by atoms with E-state index in [0.29, 0.717) is 42.6 Å². The Hall–Kier alpha value is -1.40. The van der Waals surface area contributed by atoms with Gasteiger partial charge < -0.3 is 15.5 Å². The summed E-state index contributed by atoms with van der Waals surface area (Å²) >= 11 is 0. The number of nitrogens with one attached hydrogen (secondary N) is 2. The van der Waals surface area contributed by atoms with E-state index in [2.05, 4.69) is 48.4 Å². The van der Waals surface area contributed by atoms with Crippen LogP contribution in [0.3, 0.4) is 0 Å². The molecule has 1 rings (SSSR count). The first-order valence-corrected chi connectivity index (χ1v) is 7.64. The molecule has 0 aliphatic carbocycles. The van der Waals surface area contributed by atoms with Crippen molar-refractivity contribution in [1.29, 1.82) is 0 Å². The maximum absolute atomic E-state index is 5.46. The Morgan fingerprint density at radius 2 is 1.76 bits per heavy atom. The Balaban J connectivity index is 2.76. The Kier molecular flexibility index (Phi) is 7.39. The summed E-state index contributed by atoms with van der Waals surface area (Å²) in [7, 11) is 0. The van der Waals surface area contributed by atoms with Crippen LogP contribution in [0.1, 0.15) is 40.4 Å². The number of ether oxygens (including phenoxy) is 1. The molecule has 0 unspecified atom stereocenters. The zero-order chi connectivity index (χ0) is 15.8. The van der Waals surface area contributed by atoms with Crippen molar-refractivity contribution >= 4 is 11.6 Å². The number of anilines is 2. The fraction of sp³-hybridized carbons (Fsp3) is 0.733. The highest BCUT2D eigenvalue weighted by molar-refractivity contribution is 5.46. The van der Waals surface area contributed by atoms with Crippen LogP contribution < -0.4 is 16.6 Å². The molecule has 0 radical (unpaired) electrons. The summed E-state index contributed by atoms with van der Waals surface area (Å²) in [5.41, 5.74) is 2.57. The third-order valence-electron chi connectivity index (χ3n) is 3.59. The smallest absolute Gasteiger partial charge is 0.158 e. The molecule has 0 atom stereocenters. The number of nitrogens with zero attached hydrogens (tertiary/aromatic N) is 2. The molecule has 6 heteroatoms. The Bertz CT molecular complexity index is 415. The molecule has 0 amide bonds. The first-order chi connectivity index (χ1) is 9.97. The van der Waals surface area contributed by atoms with Gasteiger partial charge in [0.2, 0.25) is 0 Å². The lowest BCUT2D eigenvalue weighted by molar-refractivity contribution is 0.128. The molecule has 1 heterocycles. The monoisotopic (exact) mass is 295 g/mol. The highest BCUT2D eigenvalue weighted by Crippen LogP contribution is 2.21. The second kappa shape index (κ2) is 8.79. The first-order valence-electron chi connectivity index (χ1n) is 7.64. The highest BCUT2D eigenvalue weighted by atomic mass is 16.5. The molecule has 120 valence electrons. The van der Waals surface area contributed by atoms with Gasteiger partial charge in [-0.05, 0) is 24.7 Å². The molecule has 0 fully saturated rings. The van der Waals surface area contributed by atoms with E-state index in [1.54, 1.807) is 0 Å². The van der Waals surface area contributed by atoms with E-state index >= 15 is 0 Å². The van der Waals surface area contributed by atoms with Gasteiger partial charge in [-0.3, -0.25) is 0 Å². The molecule has 0 spiro atoms. The van der Waals surface area contributed by atoms with Crippen molar-refractivity contribution in [2.75, 3.05) is 23.9 Å². The summed E-state index contributed by atoms with van der Waals surface area (Å²) in [6, 6.07) is 1.81. The summed E-state index contributed by atoms with van der Waals surface area (Å²) in [4.78, 5) is 8.74. The Labute approximate surface area is 127 Å². The van der Waals surface area contributed by atoms with Crippen LogP contribution in [0, 0.1) is 17.8 Å². The largest absolute Gasteiger partial charge is 0.374 e. The molecule has 0 aromatic carbocycles. The lowest BCUT2D eigenvalue weighted by Crippen LogP contribution is -2.25. The molecule has 1 aromatic rings. The SMILES string of the molecule is CCOCc1nc(NN)cc(NCC(C(C)C)C(C)C)n1. The van der Waals surface area contributed by atoms with Crippen molar-refractivity contribution in [2.24, 2.45) is 23.6 Å². The van der Waals surface area contributed by atoms with E-state index < -0.39 is 0 Å². The normalized spacial score (nSPS) is 11.5. The Morgan fingerprint density at radius 3 is 2.29 bits per heavy atom. The average molecular weight is 295 g/mol. The Morgan fingerprint density at radius 1 is 1.14 bits per heavy atom. The molecular formula is C15H29N5O. The lowest BCUT2D eigenvalue weighted by Gasteiger charge is -2.25. The van der Waals surface area contributed by atoms with E-state index in [9.17, 15) is 0 Å². The molecule has 21 heavy (non-hydrogen) atoms. The molecule has 0 aliphatic rings. The fourth-order valence-electron chi connectivity index (χ4n) is 2.38. The zero-order valence-electron chi connectivity index (χ0n) is 13.8. The summed E-state index contributed by atoms with van der Waals surface area (Å²) in [6.07, 6.45) is 0. The molecular weight excluding hydrogens is 266 g/mol. The van der Waals surface area contributed by atoms with E-state index in [-0.39, 0.29) is 0 Å². The molecule has 0 saturated heterocycles. The predicted octanol–water partition coefficient (Wildman–Crippen LogP) is 2.64. The van der Waals surface area contributed by atoms with Crippen LogP contribution in [0.5, 0.6) is 0 Å². The first kappa shape index (κ1) is 17.7. The van der Waals surface area contributed by atoms with Crippen LogP contribution in [0.4, 0.5) is 11.6 Å². The molecule has 0 saturated carbocycles. The van der Waals surface area contributed by atoms with Crippen LogP contribution in [0.2, 0.25) is 0 Å². The van der Waals surface area contributed by atoms with Gasteiger partial charge in [-0.15, -0.1) is 0 Å². The minimum absolute atomic E-state index is 0.387. The zero-order valence-corrected chi connectivity index (χ0v) is 13.8. The average Bonchev–Trinajstić information content (AvgIpc) is 2.44. The van der Waals surface area contributed by atoms with E-state index in [4.69, 9.17) is 10.6 Å². The molecule has 4 N–H and O–H groups in total. The number of hydrogen-bond acceptors (Lipinski definition) is 6. The topological polar surface area (TPSA) is 85.1 Å². The quantitative estimate of drug-likeness (QED) is 0.480. The van der Waals surface area contributed by atoms with Crippen molar-refractivity contribution in [3.8, 4) is 0 Å². The number of hydrazine groups is 1. The van der Waals surface area contributed by atoms with Crippen molar-refractivity contribution in [2.45, 2.75) is 41.2 Å². The molecule has 6 nitrogen and oxygen atoms in total. The van der Waals surface area contributed by atoms with Crippen molar-refractivity contribution in [1.82, 2.24) is 9.97 Å². The van der Waals surface area contributed by atoms with Crippen LogP contribution >= 0.6 is 0 Å². The van der Waals surface area contributed by atoms with E-state index in [1.807, 2.05) is 13.0 Å². The van der Waals surface area contributed by atoms with E-state index in [1.165, 1.54) is 0 Å². The van der Waals surface area contributed by atoms with Crippen molar-refractivity contribution in [3.05, 3.63) is 11.9 Å². The summed E-state index contributed by atoms with van der Waals surface area (Å²) < 4.78 is 5.35. The third-order valence-corrected chi connectivity index (χ3v) is 3.59. The maximum atomic E-state index is 5.46. The summed E-state index contributed by atoms with van der Waals surface area (Å²) in [5, 5.41) is 3.40. The maximum Gasteiger partial charge on any atom is 0.158 e. The van der Waals surface area contributed by atoms with Gasteiger partial charge in [0.15, 0.2) is 5.82 Å². The van der Waals surface area contributed by atoms with Crippen LogP contribution in [0.25, 0.3) is 0 Å². The van der Waals surface area contributed by atoms with Gasteiger partial charge in [-0.2, -0.15) is 0 Å². The van der Waals surface area contributed by atoms with Gasteiger partial charge in [-0.1, -0.05) is 27.7 Å². The lowest BCUT2D eigenvalue weighted by atomic mass is 9.85. The molecule has 1 aromatic heterocycles. The summed E-state index contributed by atoms with van der Waals surface area (Å²) in [6.45, 7) is 12.8. The number of nitrogens with two attached hydrogens (primary N) is 1. The van der Waals surface area contributed by atoms with Crippen LogP contribution in [-0.4, -0.2) is 23.1 Å². The van der Waals surface area contributed by atoms with Crippen LogP contribution in [-0.2, 0) is 11.3 Å².